The zero-order valence-electron chi connectivity index (χ0n) is 14.9. The fraction of sp³-hybridized carbons (Fsp3) is 0.150. The van der Waals surface area contributed by atoms with Crippen molar-refractivity contribution in [3.05, 3.63) is 81.4 Å². The molecule has 0 bridgehead atoms. The first kappa shape index (κ1) is 19.1. The minimum absolute atomic E-state index is 0.373. The Kier molecular flexibility index (Phi) is 5.71. The van der Waals surface area contributed by atoms with E-state index >= 15 is 0 Å². The van der Waals surface area contributed by atoms with Crippen molar-refractivity contribution in [2.75, 3.05) is 0 Å². The Labute approximate surface area is 176 Å². The molecule has 28 heavy (non-hydrogen) atoms. The molecule has 0 fully saturated rings. The lowest BCUT2D eigenvalue weighted by molar-refractivity contribution is 0.528. The fourth-order valence-corrected chi connectivity index (χ4v) is 3.98. The van der Waals surface area contributed by atoms with Gasteiger partial charge in [-0.2, -0.15) is 0 Å². The molecular formula is C20H16Cl2N4OS. The number of aromatic nitrogens is 4. The Bertz CT molecular complexity index is 1090. The van der Waals surface area contributed by atoms with Gasteiger partial charge < -0.3 is 9.40 Å². The highest BCUT2D eigenvalue weighted by Gasteiger charge is 2.14. The van der Waals surface area contributed by atoms with Crippen molar-refractivity contribution in [3.63, 3.8) is 0 Å². The van der Waals surface area contributed by atoms with Crippen molar-refractivity contribution >= 4 is 35.0 Å². The third-order valence-corrected chi connectivity index (χ3v) is 5.54. The number of imidazole rings is 1. The summed E-state index contributed by atoms with van der Waals surface area (Å²) in [5, 5.41) is 10.0. The van der Waals surface area contributed by atoms with Gasteiger partial charge in [-0.1, -0.05) is 65.3 Å². The first-order chi connectivity index (χ1) is 13.6. The predicted octanol–water partition coefficient (Wildman–Crippen LogP) is 5.96. The van der Waals surface area contributed by atoms with Crippen LogP contribution < -0.4 is 0 Å². The zero-order valence-corrected chi connectivity index (χ0v) is 17.3. The van der Waals surface area contributed by atoms with E-state index in [1.807, 2.05) is 25.1 Å². The summed E-state index contributed by atoms with van der Waals surface area (Å²) < 4.78 is 5.73. The van der Waals surface area contributed by atoms with Gasteiger partial charge >= 0.3 is 0 Å². The van der Waals surface area contributed by atoms with E-state index in [4.69, 9.17) is 32.6 Å². The maximum Gasteiger partial charge on any atom is 0.249 e. The summed E-state index contributed by atoms with van der Waals surface area (Å²) in [5.74, 6) is 1.39. The standard InChI is InChI=1S/C20H16Cl2N4OS/c1-12-17(9-13-5-3-2-4-6-13)24-20(23-12)28-11-18-25-26-19(27-18)15-8-7-14(21)10-16(15)22/h2-8,10H,9,11H2,1H3,(H,23,24). The number of hydrogen-bond donors (Lipinski definition) is 1. The van der Waals surface area contributed by atoms with E-state index in [0.29, 0.717) is 33.1 Å². The van der Waals surface area contributed by atoms with E-state index in [1.54, 1.807) is 18.2 Å². The maximum atomic E-state index is 6.20. The summed E-state index contributed by atoms with van der Waals surface area (Å²) in [7, 11) is 0. The highest BCUT2D eigenvalue weighted by Crippen LogP contribution is 2.30. The average molecular weight is 431 g/mol. The minimum atomic E-state index is 0.373. The molecule has 0 aliphatic carbocycles. The lowest BCUT2D eigenvalue weighted by Crippen LogP contribution is -1.90. The zero-order chi connectivity index (χ0) is 19.5. The summed E-state index contributed by atoms with van der Waals surface area (Å²) in [5.41, 5.74) is 3.99. The second-order valence-corrected chi connectivity index (χ2v) is 8.00. The third kappa shape index (κ3) is 4.41. The van der Waals surface area contributed by atoms with Crippen LogP contribution in [0.1, 0.15) is 22.8 Å². The van der Waals surface area contributed by atoms with Crippen LogP contribution in [0.4, 0.5) is 0 Å². The summed E-state index contributed by atoms with van der Waals surface area (Å²) in [6.45, 7) is 2.03. The first-order valence-corrected chi connectivity index (χ1v) is 10.3. The molecule has 2 aromatic carbocycles. The van der Waals surface area contributed by atoms with Crippen molar-refractivity contribution in [1.29, 1.82) is 0 Å². The van der Waals surface area contributed by atoms with Crippen molar-refractivity contribution in [2.24, 2.45) is 0 Å². The van der Waals surface area contributed by atoms with Gasteiger partial charge in [0.05, 0.1) is 22.0 Å². The number of nitrogens with zero attached hydrogens (tertiary/aromatic N) is 3. The maximum absolute atomic E-state index is 6.20. The van der Waals surface area contributed by atoms with Crippen LogP contribution >= 0.6 is 35.0 Å². The minimum Gasteiger partial charge on any atom is -0.420 e. The van der Waals surface area contributed by atoms with Gasteiger partial charge in [-0.15, -0.1) is 10.2 Å². The van der Waals surface area contributed by atoms with Gasteiger partial charge in [0.2, 0.25) is 11.8 Å². The number of benzene rings is 2. The SMILES string of the molecule is Cc1[nH]c(SCc2nnc(-c3ccc(Cl)cc3Cl)o2)nc1Cc1ccccc1. The lowest BCUT2D eigenvalue weighted by atomic mass is 10.1. The molecule has 4 aromatic rings. The Morgan fingerprint density at radius 3 is 2.68 bits per heavy atom. The molecule has 0 unspecified atom stereocenters. The molecule has 4 rings (SSSR count). The number of halogens is 2. The molecule has 0 atom stereocenters. The molecule has 142 valence electrons. The quantitative estimate of drug-likeness (QED) is 0.382. The van der Waals surface area contributed by atoms with Crippen molar-refractivity contribution in [2.45, 2.75) is 24.3 Å². The van der Waals surface area contributed by atoms with Crippen molar-refractivity contribution < 1.29 is 4.42 Å². The van der Waals surface area contributed by atoms with Crippen LogP contribution in [0.15, 0.2) is 58.1 Å². The second-order valence-electron chi connectivity index (χ2n) is 6.19. The summed E-state index contributed by atoms with van der Waals surface area (Å²) in [4.78, 5) is 8.01. The molecule has 2 aromatic heterocycles. The molecule has 0 amide bonds. The summed E-state index contributed by atoms with van der Waals surface area (Å²) in [6, 6.07) is 15.4. The van der Waals surface area contributed by atoms with E-state index in [-0.39, 0.29) is 0 Å². The van der Waals surface area contributed by atoms with E-state index in [0.717, 1.165) is 23.0 Å². The topological polar surface area (TPSA) is 67.6 Å². The normalized spacial score (nSPS) is 11.1. The van der Waals surface area contributed by atoms with Gasteiger partial charge in [-0.05, 0) is 30.7 Å². The Morgan fingerprint density at radius 2 is 1.89 bits per heavy atom. The van der Waals surface area contributed by atoms with E-state index < -0.39 is 0 Å². The largest absolute Gasteiger partial charge is 0.420 e. The summed E-state index contributed by atoms with van der Waals surface area (Å²) >= 11 is 13.6. The van der Waals surface area contributed by atoms with Crippen molar-refractivity contribution in [3.8, 4) is 11.5 Å². The van der Waals surface area contributed by atoms with Gasteiger partial charge in [-0.3, -0.25) is 0 Å². The number of thioether (sulfide) groups is 1. The highest BCUT2D eigenvalue weighted by atomic mass is 35.5. The number of H-pyrrole nitrogens is 1. The molecular weight excluding hydrogens is 415 g/mol. The molecule has 0 saturated carbocycles. The highest BCUT2D eigenvalue weighted by molar-refractivity contribution is 7.98. The molecule has 0 aliphatic heterocycles. The lowest BCUT2D eigenvalue weighted by Gasteiger charge is -1.99. The van der Waals surface area contributed by atoms with Gasteiger partial charge in [0.1, 0.15) is 0 Å². The molecule has 5 nitrogen and oxygen atoms in total. The number of nitrogens with one attached hydrogen (secondary N) is 1. The number of aryl methyl sites for hydroxylation is 1. The monoisotopic (exact) mass is 430 g/mol. The van der Waals surface area contributed by atoms with E-state index in [1.165, 1.54) is 17.3 Å². The third-order valence-electron chi connectivity index (χ3n) is 4.14. The van der Waals surface area contributed by atoms with Crippen LogP contribution in [0.2, 0.25) is 10.0 Å². The molecule has 1 N–H and O–H groups in total. The molecule has 0 aliphatic rings. The Morgan fingerprint density at radius 1 is 1.07 bits per heavy atom. The molecule has 0 radical (unpaired) electrons. The molecule has 0 saturated heterocycles. The Balaban J connectivity index is 1.43. The van der Waals surface area contributed by atoms with E-state index in [9.17, 15) is 0 Å². The predicted molar refractivity (Wildman–Crippen MR) is 112 cm³/mol. The Hall–Kier alpha value is -2.28. The van der Waals surface area contributed by atoms with Gasteiger partial charge in [-0.25, -0.2) is 4.98 Å². The molecule has 8 heteroatoms. The molecule has 2 heterocycles. The number of aromatic amines is 1. The smallest absolute Gasteiger partial charge is 0.249 e. The van der Waals surface area contributed by atoms with Crippen LogP contribution in [-0.2, 0) is 12.2 Å². The van der Waals surface area contributed by atoms with Crippen LogP contribution in [0, 0.1) is 6.92 Å². The summed E-state index contributed by atoms with van der Waals surface area (Å²) in [6.07, 6.45) is 0.795. The van der Waals surface area contributed by atoms with E-state index in [2.05, 4.69) is 27.3 Å². The fourth-order valence-electron chi connectivity index (χ4n) is 2.71. The van der Waals surface area contributed by atoms with Gasteiger partial charge in [0.15, 0.2) is 5.16 Å². The molecule has 0 spiro atoms. The average Bonchev–Trinajstić information content (AvgIpc) is 3.28. The van der Waals surface area contributed by atoms with Crippen LogP contribution in [0.25, 0.3) is 11.5 Å². The van der Waals surface area contributed by atoms with Gasteiger partial charge in [0.25, 0.3) is 0 Å². The van der Waals surface area contributed by atoms with Crippen LogP contribution in [0.3, 0.4) is 0 Å². The number of hydrogen-bond acceptors (Lipinski definition) is 5. The van der Waals surface area contributed by atoms with Gasteiger partial charge in [0, 0.05) is 17.1 Å². The second kappa shape index (κ2) is 8.39. The van der Waals surface area contributed by atoms with Crippen molar-refractivity contribution in [1.82, 2.24) is 20.2 Å². The van der Waals surface area contributed by atoms with Crippen LogP contribution in [0.5, 0.6) is 0 Å². The first-order valence-electron chi connectivity index (χ1n) is 8.58. The van der Waals surface area contributed by atoms with Crippen LogP contribution in [-0.4, -0.2) is 20.2 Å². The number of rotatable bonds is 6.